The minimum Gasteiger partial charge on any atom is -0.326 e. The molecule has 0 N–H and O–H groups in total. The second-order valence-corrected chi connectivity index (χ2v) is 3.62. The molecule has 68 valence electrons. The van der Waals surface area contributed by atoms with Crippen LogP contribution in [0.3, 0.4) is 0 Å². The van der Waals surface area contributed by atoms with Crippen molar-refractivity contribution in [2.45, 2.75) is 6.92 Å². The maximum atomic E-state index is 2.28. The summed E-state index contributed by atoms with van der Waals surface area (Å²) in [5.41, 5.74) is 0. The quantitative estimate of drug-likeness (QED) is 0.341. The van der Waals surface area contributed by atoms with E-state index in [4.69, 9.17) is 0 Å². The fourth-order valence-electron chi connectivity index (χ4n) is 1.21. The van der Waals surface area contributed by atoms with Crippen molar-refractivity contribution in [2.75, 3.05) is 41.3 Å². The van der Waals surface area contributed by atoms with Gasteiger partial charge in [0.05, 0.1) is 0 Å². The third-order valence-electron chi connectivity index (χ3n) is 1.67. The molecule has 0 aliphatic carbocycles. The van der Waals surface area contributed by atoms with Crippen LogP contribution in [0, 0.1) is 12.3 Å². The Labute approximate surface area is 89.5 Å². The van der Waals surface area contributed by atoms with E-state index >= 15 is 0 Å². The summed E-state index contributed by atoms with van der Waals surface area (Å²) in [5, 5.41) is 0. The third kappa shape index (κ3) is 8.61. The van der Waals surface area contributed by atoms with Crippen LogP contribution in [0.2, 0.25) is 0 Å². The van der Waals surface area contributed by atoms with Crippen molar-refractivity contribution in [3.8, 4) is 0 Å². The molecule has 0 spiro atoms. The van der Waals surface area contributed by atoms with Crippen LogP contribution in [0.25, 0.3) is 0 Å². The van der Waals surface area contributed by atoms with Crippen molar-refractivity contribution in [3.05, 3.63) is 6.42 Å². The van der Waals surface area contributed by atoms with Gasteiger partial charge in [-0.3, -0.25) is 0 Å². The van der Waals surface area contributed by atoms with Gasteiger partial charge in [-0.1, -0.05) is 0 Å². The van der Waals surface area contributed by atoms with Gasteiger partial charge in [-0.05, 0) is 41.3 Å². The molecule has 0 aliphatic heterocycles. The largest absolute Gasteiger partial charge is 1.00 e. The van der Waals surface area contributed by atoms with Crippen molar-refractivity contribution in [3.63, 3.8) is 0 Å². The maximum absolute atomic E-state index is 2.28. The second-order valence-electron chi connectivity index (χ2n) is 3.62. The van der Waals surface area contributed by atoms with Gasteiger partial charge in [0.1, 0.15) is 0 Å². The molecule has 0 saturated heterocycles. The van der Waals surface area contributed by atoms with Crippen LogP contribution in [0.15, 0.2) is 0 Å². The average molecular weight is 164 g/mol. The van der Waals surface area contributed by atoms with E-state index in [-0.39, 0.29) is 18.9 Å². The van der Waals surface area contributed by atoms with Crippen molar-refractivity contribution in [1.82, 2.24) is 9.80 Å². The molecule has 3 heteroatoms. The van der Waals surface area contributed by atoms with Crippen LogP contribution < -0.4 is 18.9 Å². The summed E-state index contributed by atoms with van der Waals surface area (Å²) in [6.45, 7) is 4.43. The summed E-state index contributed by atoms with van der Waals surface area (Å²) in [5.74, 6) is 0.694. The van der Waals surface area contributed by atoms with Gasteiger partial charge >= 0.3 is 18.9 Å². The van der Waals surface area contributed by atoms with E-state index in [0.717, 1.165) is 13.1 Å². The number of nitrogens with zero attached hydrogens (tertiary/aromatic N) is 2. The van der Waals surface area contributed by atoms with E-state index in [1.807, 2.05) is 0 Å². The van der Waals surface area contributed by atoms with E-state index in [1.54, 1.807) is 0 Å². The van der Waals surface area contributed by atoms with Gasteiger partial charge in [0.15, 0.2) is 0 Å². The molecule has 0 fully saturated rings. The predicted molar refractivity (Wildman–Crippen MR) is 50.6 cm³/mol. The minimum absolute atomic E-state index is 0. The Bertz CT molecular complexity index is 84.5. The first kappa shape index (κ1) is 15.0. The molecule has 0 aliphatic rings. The third-order valence-corrected chi connectivity index (χ3v) is 1.67. The predicted octanol–water partition coefficient (Wildman–Crippen LogP) is -2.05. The standard InChI is InChI=1S/C9H21N2.Li/c1-6-9(7-10(2)3)8-11(4)5;/h6,9H,7-8H2,1-5H3;/q-1;+1. The van der Waals surface area contributed by atoms with Gasteiger partial charge in [-0.15, -0.1) is 5.92 Å². The smallest absolute Gasteiger partial charge is 0.326 e. The Kier molecular flexibility index (Phi) is 10.2. The topological polar surface area (TPSA) is 6.48 Å². The molecule has 0 bridgehead atoms. The molecule has 0 aromatic heterocycles. The fraction of sp³-hybridized carbons (Fsp3) is 0.889. The van der Waals surface area contributed by atoms with Crippen molar-refractivity contribution in [2.24, 2.45) is 5.92 Å². The first-order chi connectivity index (χ1) is 5.06. The molecule has 12 heavy (non-hydrogen) atoms. The van der Waals surface area contributed by atoms with Crippen LogP contribution in [0.1, 0.15) is 6.92 Å². The van der Waals surface area contributed by atoms with Crippen molar-refractivity contribution in [1.29, 1.82) is 0 Å². The molecule has 0 aromatic carbocycles. The number of hydrogen-bond acceptors (Lipinski definition) is 2. The van der Waals surface area contributed by atoms with Gasteiger partial charge in [-0.2, -0.15) is 6.92 Å². The molecule has 0 heterocycles. The number of hydrogen-bond donors (Lipinski definition) is 0. The molecule has 0 rings (SSSR count). The molecule has 0 aromatic rings. The van der Waals surface area contributed by atoms with E-state index in [9.17, 15) is 0 Å². The Morgan fingerprint density at radius 2 is 1.33 bits per heavy atom. The summed E-state index contributed by atoms with van der Waals surface area (Å²) in [7, 11) is 8.47. The SMILES string of the molecule is C[CH-]C(CN(C)C)CN(C)C.[Li+]. The maximum Gasteiger partial charge on any atom is 1.00 e. The second kappa shape index (κ2) is 8.13. The molecular weight excluding hydrogens is 143 g/mol. The zero-order valence-electron chi connectivity index (χ0n) is 9.46. The fourth-order valence-corrected chi connectivity index (χ4v) is 1.21. The van der Waals surface area contributed by atoms with E-state index in [1.165, 1.54) is 0 Å². The molecule has 0 radical (unpaired) electrons. The van der Waals surface area contributed by atoms with Gasteiger partial charge in [0.2, 0.25) is 0 Å². The Hall–Kier alpha value is 0.517. The monoisotopic (exact) mass is 164 g/mol. The Balaban J connectivity index is 0. The van der Waals surface area contributed by atoms with Crippen LogP contribution in [0.4, 0.5) is 0 Å². The summed E-state index contributed by atoms with van der Waals surface area (Å²) in [4.78, 5) is 4.46. The molecule has 0 atom stereocenters. The van der Waals surface area contributed by atoms with Crippen molar-refractivity contribution < 1.29 is 18.9 Å². The first-order valence-electron chi connectivity index (χ1n) is 4.15. The van der Waals surface area contributed by atoms with E-state index in [0.29, 0.717) is 5.92 Å². The van der Waals surface area contributed by atoms with Gasteiger partial charge < -0.3 is 16.2 Å². The molecule has 0 saturated carbocycles. The zero-order valence-corrected chi connectivity index (χ0v) is 9.46. The van der Waals surface area contributed by atoms with Crippen LogP contribution >= 0.6 is 0 Å². The van der Waals surface area contributed by atoms with E-state index < -0.39 is 0 Å². The van der Waals surface area contributed by atoms with Gasteiger partial charge in [0, 0.05) is 0 Å². The summed E-state index contributed by atoms with van der Waals surface area (Å²) < 4.78 is 0. The summed E-state index contributed by atoms with van der Waals surface area (Å²) in [6.07, 6.45) is 2.28. The summed E-state index contributed by atoms with van der Waals surface area (Å²) >= 11 is 0. The molecule has 0 unspecified atom stereocenters. The Morgan fingerprint density at radius 1 is 1.00 bits per heavy atom. The molecular formula is C9H21LiN2. The van der Waals surface area contributed by atoms with Gasteiger partial charge in [-0.25, -0.2) is 0 Å². The normalized spacial score (nSPS) is 11.0. The first-order valence-corrected chi connectivity index (χ1v) is 4.15. The summed E-state index contributed by atoms with van der Waals surface area (Å²) in [6, 6.07) is 0. The molecule has 2 nitrogen and oxygen atoms in total. The zero-order chi connectivity index (χ0) is 8.85. The Morgan fingerprint density at radius 3 is 1.50 bits per heavy atom. The minimum atomic E-state index is 0. The molecule has 0 amide bonds. The average Bonchev–Trinajstić information content (AvgIpc) is 1.84. The van der Waals surface area contributed by atoms with Crippen LogP contribution in [-0.4, -0.2) is 51.1 Å². The van der Waals surface area contributed by atoms with E-state index in [2.05, 4.69) is 51.3 Å². The van der Waals surface area contributed by atoms with Crippen LogP contribution in [-0.2, 0) is 0 Å². The number of rotatable bonds is 5. The van der Waals surface area contributed by atoms with Crippen molar-refractivity contribution >= 4 is 0 Å². The van der Waals surface area contributed by atoms with Crippen LogP contribution in [0.5, 0.6) is 0 Å². The van der Waals surface area contributed by atoms with Gasteiger partial charge in [0.25, 0.3) is 0 Å².